The van der Waals surface area contributed by atoms with E-state index in [1.807, 2.05) is 47.3 Å². The number of hydrogen-bond acceptors (Lipinski definition) is 4. The van der Waals surface area contributed by atoms with Gasteiger partial charge < -0.3 is 15.2 Å². The number of imidazole rings is 1. The highest BCUT2D eigenvalue weighted by molar-refractivity contribution is 7.12. The minimum Gasteiger partial charge on any atom is -0.345 e. The number of thiophene rings is 1. The molecule has 2 N–H and O–H groups in total. The number of carbonyl (C=O) groups excluding carboxylic acids is 2. The van der Waals surface area contributed by atoms with Crippen molar-refractivity contribution >= 4 is 39.9 Å². The number of aryl methyl sites for hydroxylation is 1. The lowest BCUT2D eigenvalue weighted by Gasteiger charge is -2.11. The molecule has 2 heterocycles. The Kier molecular flexibility index (Phi) is 4.90. The molecule has 0 spiro atoms. The lowest BCUT2D eigenvalue weighted by Crippen LogP contribution is -2.26. The monoisotopic (exact) mass is 390 g/mol. The topological polar surface area (TPSA) is 76.0 Å². The second kappa shape index (κ2) is 7.66. The number of aromatic nitrogens is 2. The van der Waals surface area contributed by atoms with E-state index in [0.717, 1.165) is 16.9 Å². The molecule has 0 aliphatic heterocycles. The average Bonchev–Trinajstić information content (AvgIpc) is 3.36. The van der Waals surface area contributed by atoms with Gasteiger partial charge in [0, 0.05) is 7.05 Å². The average molecular weight is 390 g/mol. The van der Waals surface area contributed by atoms with Gasteiger partial charge >= 0.3 is 0 Å². The Labute approximate surface area is 165 Å². The van der Waals surface area contributed by atoms with Crippen LogP contribution in [0, 0.1) is 0 Å². The van der Waals surface area contributed by atoms with Crippen LogP contribution in [0.1, 0.15) is 25.9 Å². The third-order valence-corrected chi connectivity index (χ3v) is 5.32. The predicted molar refractivity (Wildman–Crippen MR) is 111 cm³/mol. The normalized spacial score (nSPS) is 10.8. The molecule has 0 fully saturated rings. The quantitative estimate of drug-likeness (QED) is 0.544. The van der Waals surface area contributed by atoms with Crippen molar-refractivity contribution < 1.29 is 9.59 Å². The fraction of sp³-hybridized carbons (Fsp3) is 0.0952. The molecule has 0 aliphatic rings. The highest BCUT2D eigenvalue weighted by Crippen LogP contribution is 2.19. The van der Waals surface area contributed by atoms with Crippen LogP contribution in [0.4, 0.5) is 5.69 Å². The molecular formula is C21H18N4O2S. The van der Waals surface area contributed by atoms with Crippen LogP contribution in [0.15, 0.2) is 66.0 Å². The van der Waals surface area contributed by atoms with Crippen molar-refractivity contribution in [3.05, 3.63) is 82.3 Å². The van der Waals surface area contributed by atoms with E-state index in [9.17, 15) is 9.59 Å². The Bertz CT molecular complexity index is 1150. The minimum atomic E-state index is -0.269. The van der Waals surface area contributed by atoms with Crippen molar-refractivity contribution in [3.63, 3.8) is 0 Å². The van der Waals surface area contributed by atoms with Crippen molar-refractivity contribution in [2.45, 2.75) is 6.54 Å². The van der Waals surface area contributed by atoms with Crippen LogP contribution in [0.5, 0.6) is 0 Å². The van der Waals surface area contributed by atoms with Crippen molar-refractivity contribution in [2.24, 2.45) is 7.05 Å². The van der Waals surface area contributed by atoms with Gasteiger partial charge in [-0.15, -0.1) is 11.3 Å². The van der Waals surface area contributed by atoms with Gasteiger partial charge in [-0.2, -0.15) is 0 Å². The molecule has 4 rings (SSSR count). The van der Waals surface area contributed by atoms with Crippen LogP contribution in [0.25, 0.3) is 11.0 Å². The maximum Gasteiger partial charge on any atom is 0.265 e. The molecule has 2 amide bonds. The number of fused-ring (bicyclic) bond motifs is 1. The van der Waals surface area contributed by atoms with Gasteiger partial charge in [0.15, 0.2) is 0 Å². The molecule has 0 unspecified atom stereocenters. The van der Waals surface area contributed by atoms with Gasteiger partial charge in [0.25, 0.3) is 11.8 Å². The second-order valence-electron chi connectivity index (χ2n) is 6.24. The number of hydrogen-bond donors (Lipinski definition) is 2. The third kappa shape index (κ3) is 3.52. The summed E-state index contributed by atoms with van der Waals surface area (Å²) < 4.78 is 1.96. The predicted octanol–water partition coefficient (Wildman–Crippen LogP) is 3.82. The first-order valence-corrected chi connectivity index (χ1v) is 9.64. The van der Waals surface area contributed by atoms with Crippen LogP contribution in [-0.4, -0.2) is 21.4 Å². The SMILES string of the molecule is Cn1c(CNC(=O)c2ccccc2NC(=O)c2cccs2)nc2ccccc21. The summed E-state index contributed by atoms with van der Waals surface area (Å²) in [6, 6.07) is 18.3. The number of anilines is 1. The van der Waals surface area contributed by atoms with Crippen molar-refractivity contribution in [1.82, 2.24) is 14.9 Å². The molecule has 0 saturated heterocycles. The first kappa shape index (κ1) is 17.9. The summed E-state index contributed by atoms with van der Waals surface area (Å²) in [7, 11) is 1.92. The zero-order chi connectivity index (χ0) is 19.5. The zero-order valence-corrected chi connectivity index (χ0v) is 16.0. The summed E-state index contributed by atoms with van der Waals surface area (Å²) >= 11 is 1.35. The molecule has 0 aliphatic carbocycles. The van der Waals surface area contributed by atoms with Gasteiger partial charge in [-0.05, 0) is 35.7 Å². The summed E-state index contributed by atoms with van der Waals surface area (Å²) in [5, 5.41) is 7.55. The van der Waals surface area contributed by atoms with Gasteiger partial charge in [0.05, 0.1) is 33.7 Å². The number of carbonyl (C=O) groups is 2. The molecule has 6 nitrogen and oxygen atoms in total. The van der Waals surface area contributed by atoms with Gasteiger partial charge in [0.1, 0.15) is 5.82 Å². The number of para-hydroxylation sites is 3. The van der Waals surface area contributed by atoms with E-state index >= 15 is 0 Å². The van der Waals surface area contributed by atoms with Gasteiger partial charge in [0.2, 0.25) is 0 Å². The molecule has 7 heteroatoms. The maximum atomic E-state index is 12.7. The molecule has 0 radical (unpaired) electrons. The van der Waals surface area contributed by atoms with Crippen molar-refractivity contribution in [2.75, 3.05) is 5.32 Å². The van der Waals surface area contributed by atoms with E-state index < -0.39 is 0 Å². The van der Waals surface area contributed by atoms with Crippen molar-refractivity contribution in [1.29, 1.82) is 0 Å². The van der Waals surface area contributed by atoms with Crippen LogP contribution in [0.2, 0.25) is 0 Å². The number of nitrogens with one attached hydrogen (secondary N) is 2. The van der Waals surface area contributed by atoms with Gasteiger partial charge in [-0.3, -0.25) is 9.59 Å². The molecule has 28 heavy (non-hydrogen) atoms. The largest absolute Gasteiger partial charge is 0.345 e. The fourth-order valence-electron chi connectivity index (χ4n) is 2.99. The third-order valence-electron chi connectivity index (χ3n) is 4.45. The summed E-state index contributed by atoms with van der Waals surface area (Å²) in [4.78, 5) is 30.2. The van der Waals surface area contributed by atoms with E-state index in [-0.39, 0.29) is 18.4 Å². The lowest BCUT2D eigenvalue weighted by molar-refractivity contribution is 0.0950. The number of benzene rings is 2. The Morgan fingerprint density at radius 3 is 2.57 bits per heavy atom. The molecule has 2 aromatic carbocycles. The van der Waals surface area contributed by atoms with E-state index in [1.165, 1.54) is 11.3 Å². The zero-order valence-electron chi connectivity index (χ0n) is 15.2. The smallest absolute Gasteiger partial charge is 0.265 e. The standard InChI is InChI=1S/C21H18N4O2S/c1-25-17-10-5-4-9-16(17)23-19(25)13-22-20(26)14-7-2-3-8-15(14)24-21(27)18-11-6-12-28-18/h2-12H,13H2,1H3,(H,22,26)(H,24,27). The summed E-state index contributed by atoms with van der Waals surface area (Å²) in [6.07, 6.45) is 0. The first-order chi connectivity index (χ1) is 13.6. The molecule has 0 atom stereocenters. The number of rotatable bonds is 5. The Hall–Kier alpha value is -3.45. The van der Waals surface area contributed by atoms with Crippen molar-refractivity contribution in [3.8, 4) is 0 Å². The number of amides is 2. The van der Waals surface area contributed by atoms with Crippen LogP contribution in [-0.2, 0) is 13.6 Å². The van der Waals surface area contributed by atoms with E-state index in [0.29, 0.717) is 16.1 Å². The summed E-state index contributed by atoms with van der Waals surface area (Å²) in [6.45, 7) is 0.289. The Balaban J connectivity index is 1.50. The maximum absolute atomic E-state index is 12.7. The lowest BCUT2D eigenvalue weighted by atomic mass is 10.1. The van der Waals surface area contributed by atoms with E-state index in [4.69, 9.17) is 0 Å². The van der Waals surface area contributed by atoms with Gasteiger partial charge in [-0.1, -0.05) is 30.3 Å². The fourth-order valence-corrected chi connectivity index (χ4v) is 3.61. The van der Waals surface area contributed by atoms with Crippen LogP contribution >= 0.6 is 11.3 Å². The van der Waals surface area contributed by atoms with Crippen LogP contribution < -0.4 is 10.6 Å². The molecule has 0 saturated carbocycles. The molecular weight excluding hydrogens is 372 g/mol. The Morgan fingerprint density at radius 1 is 1.00 bits per heavy atom. The first-order valence-electron chi connectivity index (χ1n) is 8.76. The van der Waals surface area contributed by atoms with E-state index in [2.05, 4.69) is 15.6 Å². The van der Waals surface area contributed by atoms with Crippen LogP contribution in [0.3, 0.4) is 0 Å². The Morgan fingerprint density at radius 2 is 1.79 bits per heavy atom. The molecule has 4 aromatic rings. The second-order valence-corrected chi connectivity index (χ2v) is 7.18. The highest BCUT2D eigenvalue weighted by Gasteiger charge is 2.15. The molecule has 140 valence electrons. The number of nitrogens with zero attached hydrogens (tertiary/aromatic N) is 2. The molecule has 2 aromatic heterocycles. The summed E-state index contributed by atoms with van der Waals surface area (Å²) in [5.74, 6) is 0.259. The van der Waals surface area contributed by atoms with E-state index in [1.54, 1.807) is 30.3 Å². The summed E-state index contributed by atoms with van der Waals surface area (Å²) in [5.41, 5.74) is 2.78. The molecule has 0 bridgehead atoms. The highest BCUT2D eigenvalue weighted by atomic mass is 32.1. The van der Waals surface area contributed by atoms with Gasteiger partial charge in [-0.25, -0.2) is 4.98 Å². The minimum absolute atomic E-state index is 0.231.